The molecule has 0 fully saturated rings. The molecule has 0 aliphatic heterocycles. The monoisotopic (exact) mass is 570 g/mol. The van der Waals surface area contributed by atoms with Gasteiger partial charge in [0.15, 0.2) is 0 Å². The van der Waals surface area contributed by atoms with E-state index in [0.29, 0.717) is 10.8 Å². The smallest absolute Gasteiger partial charge is 0.408 e. The van der Waals surface area contributed by atoms with E-state index in [1.807, 2.05) is 0 Å². The molecule has 220 valence electrons. The zero-order valence-corrected chi connectivity index (χ0v) is 24.2. The maximum atomic E-state index is 12.8. The molecular formula is C29H34N2O10. The van der Waals surface area contributed by atoms with Crippen molar-refractivity contribution >= 4 is 45.9 Å². The van der Waals surface area contributed by atoms with Crippen molar-refractivity contribution in [2.45, 2.75) is 78.7 Å². The minimum atomic E-state index is -1.02. The van der Waals surface area contributed by atoms with Crippen LogP contribution in [-0.2, 0) is 19.1 Å². The lowest BCUT2D eigenvalue weighted by atomic mass is 10.1. The molecule has 0 saturated carbocycles. The third-order valence-electron chi connectivity index (χ3n) is 5.27. The van der Waals surface area contributed by atoms with E-state index in [2.05, 4.69) is 10.6 Å². The zero-order chi connectivity index (χ0) is 30.7. The largest absolute Gasteiger partial charge is 0.444 e. The van der Waals surface area contributed by atoms with Gasteiger partial charge in [0.05, 0.1) is 5.39 Å². The number of rotatable bonds is 6. The zero-order valence-electron chi connectivity index (χ0n) is 24.2. The first-order chi connectivity index (χ1) is 18.9. The fourth-order valence-electron chi connectivity index (χ4n) is 3.51. The fraction of sp³-hybridized carbons (Fsp3) is 0.414. The summed E-state index contributed by atoms with van der Waals surface area (Å²) in [7, 11) is 0. The van der Waals surface area contributed by atoms with Gasteiger partial charge in [-0.3, -0.25) is 0 Å². The second-order valence-corrected chi connectivity index (χ2v) is 11.3. The number of hydrogen-bond acceptors (Lipinski definition) is 10. The normalized spacial score (nSPS) is 13.2. The van der Waals surface area contributed by atoms with Crippen molar-refractivity contribution in [3.63, 3.8) is 0 Å². The Balaban J connectivity index is 1.74. The number of carbonyl (C=O) groups is 4. The number of benzene rings is 2. The Morgan fingerprint density at radius 2 is 1.12 bits per heavy atom. The van der Waals surface area contributed by atoms with Crippen molar-refractivity contribution in [1.29, 1.82) is 0 Å². The molecule has 2 N–H and O–H groups in total. The summed E-state index contributed by atoms with van der Waals surface area (Å²) in [5, 5.41) is 5.99. The number of nitrogens with one attached hydrogen (secondary N) is 2. The van der Waals surface area contributed by atoms with Gasteiger partial charge in [-0.2, -0.15) is 0 Å². The molecule has 3 rings (SSSR count). The molecule has 41 heavy (non-hydrogen) atoms. The van der Waals surface area contributed by atoms with Crippen molar-refractivity contribution in [2.75, 3.05) is 0 Å². The lowest BCUT2D eigenvalue weighted by molar-refractivity contribution is -0.137. The lowest BCUT2D eigenvalue weighted by Gasteiger charge is -2.21. The van der Waals surface area contributed by atoms with Gasteiger partial charge in [-0.25, -0.2) is 24.0 Å². The Hall–Kier alpha value is -4.61. The highest BCUT2D eigenvalue weighted by molar-refractivity contribution is 6.05. The fourth-order valence-corrected chi connectivity index (χ4v) is 3.51. The molecule has 1 heterocycles. The Bertz CT molecular complexity index is 1550. The van der Waals surface area contributed by atoms with Crippen LogP contribution in [-0.4, -0.2) is 47.4 Å². The predicted molar refractivity (Wildman–Crippen MR) is 149 cm³/mol. The van der Waals surface area contributed by atoms with Gasteiger partial charge < -0.3 is 34.0 Å². The summed E-state index contributed by atoms with van der Waals surface area (Å²) >= 11 is 0. The van der Waals surface area contributed by atoms with Crippen LogP contribution in [0.3, 0.4) is 0 Å². The van der Waals surface area contributed by atoms with Crippen LogP contribution < -0.4 is 25.7 Å². The Labute approximate surface area is 236 Å². The van der Waals surface area contributed by atoms with Crippen molar-refractivity contribution in [2.24, 2.45) is 0 Å². The third kappa shape index (κ3) is 8.69. The van der Waals surface area contributed by atoms with Gasteiger partial charge in [-0.05, 0) is 85.7 Å². The summed E-state index contributed by atoms with van der Waals surface area (Å²) in [6.45, 7) is 13.1. The second-order valence-electron chi connectivity index (χ2n) is 11.3. The number of esters is 2. The second kappa shape index (κ2) is 11.9. The van der Waals surface area contributed by atoms with Crippen LogP contribution in [0.1, 0.15) is 55.4 Å². The van der Waals surface area contributed by atoms with Gasteiger partial charge in [0.2, 0.25) is 0 Å². The molecular weight excluding hydrogens is 536 g/mol. The van der Waals surface area contributed by atoms with Crippen molar-refractivity contribution < 1.29 is 42.5 Å². The summed E-state index contributed by atoms with van der Waals surface area (Å²) in [6.07, 6.45) is -1.54. The molecule has 0 bridgehead atoms. The van der Waals surface area contributed by atoms with Crippen LogP contribution >= 0.6 is 0 Å². The summed E-state index contributed by atoms with van der Waals surface area (Å²) in [4.78, 5) is 61.6. The van der Waals surface area contributed by atoms with E-state index < -0.39 is 53.0 Å². The van der Waals surface area contributed by atoms with E-state index in [1.54, 1.807) is 53.7 Å². The van der Waals surface area contributed by atoms with Gasteiger partial charge in [-0.1, -0.05) is 0 Å². The summed E-state index contributed by atoms with van der Waals surface area (Å²) in [6, 6.07) is 6.91. The lowest BCUT2D eigenvalue weighted by Crippen LogP contribution is -2.43. The standard InChI is InChI=1S/C29H34N2O10/c1-15(30-26(35)40-28(3,4)5)23(32)37-17-9-11-19-20-12-10-18(14-22(20)39-25(34)21(19)13-17)38-24(33)16(2)31-27(36)41-29(6,7)8/h9-16H,1-8H3,(H,30,35)(H,31,36)/t15-,16+/m1/s1. The van der Waals surface area contributed by atoms with E-state index in [-0.39, 0.29) is 22.5 Å². The first-order valence-electron chi connectivity index (χ1n) is 12.8. The SMILES string of the molecule is C[C@H](NC(=O)OC(C)(C)C)C(=O)Oc1ccc2c(c1)oc(=O)c1cc(OC(=O)[C@@H](C)NC(=O)OC(C)(C)C)ccc12. The summed E-state index contributed by atoms with van der Waals surface area (Å²) in [5.74, 6) is -1.34. The number of carbonyl (C=O) groups excluding carboxylic acids is 4. The van der Waals surface area contributed by atoms with Crippen molar-refractivity contribution in [3.8, 4) is 11.5 Å². The molecule has 0 radical (unpaired) electrons. The molecule has 12 nitrogen and oxygen atoms in total. The van der Waals surface area contributed by atoms with Crippen LogP contribution in [0.5, 0.6) is 11.5 Å². The molecule has 3 aromatic rings. The highest BCUT2D eigenvalue weighted by Crippen LogP contribution is 2.29. The van der Waals surface area contributed by atoms with Crippen LogP contribution in [0.15, 0.2) is 45.6 Å². The maximum absolute atomic E-state index is 12.8. The van der Waals surface area contributed by atoms with E-state index in [1.165, 1.54) is 38.1 Å². The number of fused-ring (bicyclic) bond motifs is 3. The van der Waals surface area contributed by atoms with E-state index in [4.69, 9.17) is 23.4 Å². The molecule has 0 aliphatic carbocycles. The number of ether oxygens (including phenoxy) is 4. The number of alkyl carbamates (subject to hydrolysis) is 2. The average molecular weight is 571 g/mol. The molecule has 1 aromatic heterocycles. The quantitative estimate of drug-likeness (QED) is 0.186. The molecule has 0 aliphatic rings. The molecule has 2 aromatic carbocycles. The third-order valence-corrected chi connectivity index (χ3v) is 5.27. The summed E-state index contributed by atoms with van der Waals surface area (Å²) in [5.41, 5.74) is -2.02. The van der Waals surface area contributed by atoms with E-state index in [9.17, 15) is 24.0 Å². The minimum absolute atomic E-state index is 0.0732. The van der Waals surface area contributed by atoms with Crippen molar-refractivity contribution in [3.05, 3.63) is 46.8 Å². The van der Waals surface area contributed by atoms with Crippen LogP contribution in [0.2, 0.25) is 0 Å². The first kappa shape index (κ1) is 30.9. The summed E-state index contributed by atoms with van der Waals surface area (Å²) < 4.78 is 26.4. The highest BCUT2D eigenvalue weighted by Gasteiger charge is 2.24. The molecule has 2 amide bonds. The van der Waals surface area contributed by atoms with Gasteiger partial charge in [0.25, 0.3) is 0 Å². The molecule has 2 atom stereocenters. The Morgan fingerprint density at radius 3 is 1.59 bits per heavy atom. The molecule has 0 spiro atoms. The van der Waals surface area contributed by atoms with Crippen molar-refractivity contribution in [1.82, 2.24) is 10.6 Å². The van der Waals surface area contributed by atoms with Gasteiger partial charge >= 0.3 is 29.8 Å². The minimum Gasteiger partial charge on any atom is -0.444 e. The average Bonchev–Trinajstić information content (AvgIpc) is 2.81. The topological polar surface area (TPSA) is 159 Å². The van der Waals surface area contributed by atoms with Crippen LogP contribution in [0, 0.1) is 0 Å². The van der Waals surface area contributed by atoms with Crippen LogP contribution in [0.4, 0.5) is 9.59 Å². The molecule has 0 unspecified atom stereocenters. The number of amides is 2. The number of hydrogen-bond donors (Lipinski definition) is 2. The molecule has 0 saturated heterocycles. The van der Waals surface area contributed by atoms with E-state index >= 15 is 0 Å². The van der Waals surface area contributed by atoms with Gasteiger partial charge in [0.1, 0.15) is 40.4 Å². The Morgan fingerprint density at radius 1 is 0.683 bits per heavy atom. The van der Waals surface area contributed by atoms with Crippen LogP contribution in [0.25, 0.3) is 21.7 Å². The predicted octanol–water partition coefficient (Wildman–Crippen LogP) is 4.58. The van der Waals surface area contributed by atoms with E-state index in [0.717, 1.165) is 0 Å². The first-order valence-corrected chi connectivity index (χ1v) is 12.8. The van der Waals surface area contributed by atoms with Gasteiger partial charge in [0, 0.05) is 16.8 Å². The highest BCUT2D eigenvalue weighted by atomic mass is 16.6. The molecule has 12 heteroatoms. The maximum Gasteiger partial charge on any atom is 0.408 e. The Kier molecular flexibility index (Phi) is 8.95. The van der Waals surface area contributed by atoms with Gasteiger partial charge in [-0.15, -0.1) is 0 Å².